The first-order valence-corrected chi connectivity index (χ1v) is 9.27. The molecule has 0 saturated heterocycles. The van der Waals surface area contributed by atoms with Gasteiger partial charge in [0.1, 0.15) is 5.75 Å². The maximum absolute atomic E-state index is 12.2. The number of hydrogen-bond acceptors (Lipinski definition) is 4. The van der Waals surface area contributed by atoms with Crippen LogP contribution < -0.4 is 19.5 Å². The van der Waals surface area contributed by atoms with Crippen molar-refractivity contribution >= 4 is 16.7 Å². The molecule has 0 aliphatic rings. The summed E-state index contributed by atoms with van der Waals surface area (Å²) in [6.07, 6.45) is 0.0608. The third-order valence-electron chi connectivity index (χ3n) is 4.19. The van der Waals surface area contributed by atoms with Gasteiger partial charge >= 0.3 is 0 Å². The first kappa shape index (κ1) is 19.5. The highest BCUT2D eigenvalue weighted by Crippen LogP contribution is 2.29. The lowest BCUT2D eigenvalue weighted by Gasteiger charge is -2.15. The third-order valence-corrected chi connectivity index (χ3v) is 4.19. The van der Waals surface area contributed by atoms with Crippen LogP contribution in [0.3, 0.4) is 0 Å². The lowest BCUT2D eigenvalue weighted by atomic mass is 10.1. The largest absolute Gasteiger partial charge is 0.493 e. The number of ether oxygens (including phenoxy) is 3. The normalized spacial score (nSPS) is 10.7. The third kappa shape index (κ3) is 4.94. The zero-order chi connectivity index (χ0) is 19.9. The van der Waals surface area contributed by atoms with Crippen LogP contribution in [0.2, 0.25) is 0 Å². The molecule has 1 amide bonds. The van der Waals surface area contributed by atoms with Gasteiger partial charge in [0.25, 0.3) is 5.91 Å². The highest BCUT2D eigenvalue weighted by molar-refractivity contribution is 5.88. The molecule has 0 atom stereocenters. The van der Waals surface area contributed by atoms with E-state index in [0.717, 1.165) is 16.3 Å². The van der Waals surface area contributed by atoms with E-state index in [4.69, 9.17) is 14.2 Å². The molecule has 28 heavy (non-hydrogen) atoms. The van der Waals surface area contributed by atoms with Crippen LogP contribution in [0.15, 0.2) is 60.7 Å². The Morgan fingerprint density at radius 1 is 0.964 bits per heavy atom. The minimum Gasteiger partial charge on any atom is -0.493 e. The SMILES string of the molecule is COc1cc(CNC(=O)COc2cccc3ccccc23)ccc1OC(C)C. The van der Waals surface area contributed by atoms with E-state index in [-0.39, 0.29) is 18.6 Å². The van der Waals surface area contributed by atoms with Gasteiger partial charge in [-0.25, -0.2) is 0 Å². The molecule has 0 spiro atoms. The molecule has 0 aliphatic carbocycles. The summed E-state index contributed by atoms with van der Waals surface area (Å²) in [6, 6.07) is 19.4. The summed E-state index contributed by atoms with van der Waals surface area (Å²) in [5, 5.41) is 4.94. The van der Waals surface area contributed by atoms with Gasteiger partial charge < -0.3 is 19.5 Å². The number of hydrogen-bond donors (Lipinski definition) is 1. The summed E-state index contributed by atoms with van der Waals surface area (Å²) in [5.41, 5.74) is 0.923. The average Bonchev–Trinajstić information content (AvgIpc) is 2.71. The van der Waals surface area contributed by atoms with E-state index in [0.29, 0.717) is 23.8 Å². The molecular formula is C23H25NO4. The van der Waals surface area contributed by atoms with Crippen molar-refractivity contribution in [3.05, 3.63) is 66.2 Å². The summed E-state index contributed by atoms with van der Waals surface area (Å²) in [7, 11) is 1.60. The smallest absolute Gasteiger partial charge is 0.258 e. The van der Waals surface area contributed by atoms with Gasteiger partial charge in [0.05, 0.1) is 13.2 Å². The molecule has 0 saturated carbocycles. The minimum atomic E-state index is -0.186. The summed E-state index contributed by atoms with van der Waals surface area (Å²) in [4.78, 5) is 12.2. The lowest BCUT2D eigenvalue weighted by molar-refractivity contribution is -0.123. The van der Waals surface area contributed by atoms with Crippen molar-refractivity contribution in [3.8, 4) is 17.2 Å². The molecule has 0 radical (unpaired) electrons. The van der Waals surface area contributed by atoms with Crippen LogP contribution in [0.4, 0.5) is 0 Å². The molecule has 1 N–H and O–H groups in total. The molecule has 0 aromatic heterocycles. The Bertz CT molecular complexity index is 947. The van der Waals surface area contributed by atoms with Crippen molar-refractivity contribution in [2.75, 3.05) is 13.7 Å². The molecule has 3 rings (SSSR count). The van der Waals surface area contributed by atoms with Crippen LogP contribution in [0.25, 0.3) is 10.8 Å². The molecule has 3 aromatic rings. The quantitative estimate of drug-likeness (QED) is 0.633. The number of rotatable bonds is 8. The van der Waals surface area contributed by atoms with Gasteiger partial charge in [-0.05, 0) is 43.0 Å². The van der Waals surface area contributed by atoms with E-state index < -0.39 is 0 Å². The Morgan fingerprint density at radius 2 is 1.75 bits per heavy atom. The van der Waals surface area contributed by atoms with Crippen molar-refractivity contribution in [3.63, 3.8) is 0 Å². The fourth-order valence-corrected chi connectivity index (χ4v) is 2.89. The first-order chi connectivity index (χ1) is 13.6. The number of fused-ring (bicyclic) bond motifs is 1. The van der Waals surface area contributed by atoms with Crippen LogP contribution in [0.5, 0.6) is 17.2 Å². The van der Waals surface area contributed by atoms with Crippen molar-refractivity contribution in [1.29, 1.82) is 0 Å². The molecule has 0 bridgehead atoms. The first-order valence-electron chi connectivity index (χ1n) is 9.27. The molecule has 0 unspecified atom stereocenters. The zero-order valence-electron chi connectivity index (χ0n) is 16.4. The Hall–Kier alpha value is -3.21. The van der Waals surface area contributed by atoms with Crippen LogP contribution in [0.1, 0.15) is 19.4 Å². The van der Waals surface area contributed by atoms with Gasteiger partial charge in [-0.3, -0.25) is 4.79 Å². The van der Waals surface area contributed by atoms with E-state index in [9.17, 15) is 4.79 Å². The molecule has 146 valence electrons. The summed E-state index contributed by atoms with van der Waals surface area (Å²) in [5.74, 6) is 1.85. The molecule has 0 aliphatic heterocycles. The Balaban J connectivity index is 1.57. The van der Waals surface area contributed by atoms with Crippen LogP contribution in [-0.4, -0.2) is 25.7 Å². The van der Waals surface area contributed by atoms with Gasteiger partial charge in [0.2, 0.25) is 0 Å². The average molecular weight is 379 g/mol. The number of carbonyl (C=O) groups excluding carboxylic acids is 1. The van der Waals surface area contributed by atoms with E-state index in [1.165, 1.54) is 0 Å². The van der Waals surface area contributed by atoms with Crippen molar-refractivity contribution in [1.82, 2.24) is 5.32 Å². The number of carbonyl (C=O) groups is 1. The molecule has 3 aromatic carbocycles. The van der Waals surface area contributed by atoms with E-state index >= 15 is 0 Å². The number of amides is 1. The second-order valence-electron chi connectivity index (χ2n) is 6.69. The fraction of sp³-hybridized carbons (Fsp3) is 0.261. The van der Waals surface area contributed by atoms with Gasteiger partial charge in [-0.1, -0.05) is 42.5 Å². The van der Waals surface area contributed by atoms with E-state index in [1.54, 1.807) is 7.11 Å². The van der Waals surface area contributed by atoms with E-state index in [1.807, 2.05) is 74.5 Å². The Labute approximate surface area is 165 Å². The van der Waals surface area contributed by atoms with Crippen molar-refractivity contribution < 1.29 is 19.0 Å². The van der Waals surface area contributed by atoms with Gasteiger partial charge in [-0.2, -0.15) is 0 Å². The summed E-state index contributed by atoms with van der Waals surface area (Å²) in [6.45, 7) is 4.27. The fourth-order valence-electron chi connectivity index (χ4n) is 2.89. The highest BCUT2D eigenvalue weighted by atomic mass is 16.5. The van der Waals surface area contributed by atoms with Gasteiger partial charge in [-0.15, -0.1) is 0 Å². The highest BCUT2D eigenvalue weighted by Gasteiger charge is 2.09. The van der Waals surface area contributed by atoms with Crippen LogP contribution in [-0.2, 0) is 11.3 Å². The number of methoxy groups -OCH3 is 1. The topological polar surface area (TPSA) is 56.8 Å². The lowest BCUT2D eigenvalue weighted by Crippen LogP contribution is -2.28. The second-order valence-corrected chi connectivity index (χ2v) is 6.69. The summed E-state index contributed by atoms with van der Waals surface area (Å²) >= 11 is 0. The maximum atomic E-state index is 12.2. The monoisotopic (exact) mass is 379 g/mol. The van der Waals surface area contributed by atoms with Crippen molar-refractivity contribution in [2.45, 2.75) is 26.5 Å². The maximum Gasteiger partial charge on any atom is 0.258 e. The molecule has 5 heteroatoms. The minimum absolute atomic E-state index is 0.0420. The Morgan fingerprint density at radius 3 is 2.54 bits per heavy atom. The predicted molar refractivity (Wildman–Crippen MR) is 110 cm³/mol. The van der Waals surface area contributed by atoms with Crippen LogP contribution >= 0.6 is 0 Å². The van der Waals surface area contributed by atoms with Crippen molar-refractivity contribution in [2.24, 2.45) is 0 Å². The standard InChI is InChI=1S/C23H25NO4/c1-16(2)28-21-12-11-17(13-22(21)26-3)14-24-23(25)15-27-20-10-6-8-18-7-4-5-9-19(18)20/h4-13,16H,14-15H2,1-3H3,(H,24,25). The second kappa shape index (κ2) is 9.13. The summed E-state index contributed by atoms with van der Waals surface area (Å²) < 4.78 is 16.8. The van der Waals surface area contributed by atoms with E-state index in [2.05, 4.69) is 5.32 Å². The van der Waals surface area contributed by atoms with Crippen LogP contribution in [0, 0.1) is 0 Å². The Kier molecular flexibility index (Phi) is 6.37. The van der Waals surface area contributed by atoms with Gasteiger partial charge in [0, 0.05) is 11.9 Å². The zero-order valence-corrected chi connectivity index (χ0v) is 16.4. The number of benzene rings is 3. The van der Waals surface area contributed by atoms with Gasteiger partial charge in [0.15, 0.2) is 18.1 Å². The molecule has 5 nitrogen and oxygen atoms in total. The predicted octanol–water partition coefficient (Wildman–Crippen LogP) is 4.33. The molecular weight excluding hydrogens is 354 g/mol. The molecule has 0 heterocycles. The number of nitrogens with one attached hydrogen (secondary N) is 1. The molecule has 0 fully saturated rings.